The molecule has 0 bridgehead atoms. The Bertz CT molecular complexity index is 491. The highest BCUT2D eigenvalue weighted by atomic mass is 32.2. The first-order chi connectivity index (χ1) is 7.74. The van der Waals surface area contributed by atoms with Crippen LogP contribution < -0.4 is 4.72 Å². The average Bonchev–Trinajstić information content (AvgIpc) is 2.26. The van der Waals surface area contributed by atoms with Crippen molar-refractivity contribution < 1.29 is 21.6 Å². The van der Waals surface area contributed by atoms with Crippen molar-refractivity contribution in [2.45, 2.75) is 12.7 Å². The van der Waals surface area contributed by atoms with E-state index in [9.17, 15) is 21.6 Å². The second kappa shape index (κ2) is 4.89. The molecule has 1 N–H and O–H groups in total. The van der Waals surface area contributed by atoms with Crippen molar-refractivity contribution in [3.05, 3.63) is 47.4 Å². The number of rotatable bonds is 4. The Hall–Kier alpha value is -1.34. The first-order valence-corrected chi connectivity index (χ1v) is 6.07. The summed E-state index contributed by atoms with van der Waals surface area (Å²) in [6.45, 7) is 3.01. The van der Waals surface area contributed by atoms with Gasteiger partial charge in [0, 0.05) is 12.0 Å². The van der Waals surface area contributed by atoms with E-state index in [2.05, 4.69) is 11.3 Å². The van der Waals surface area contributed by atoms with Crippen LogP contribution in [-0.2, 0) is 22.7 Å². The second-order valence-corrected chi connectivity index (χ2v) is 4.94. The van der Waals surface area contributed by atoms with Crippen LogP contribution in [0.25, 0.3) is 0 Å². The minimum Gasteiger partial charge on any atom is -0.208 e. The van der Waals surface area contributed by atoms with Gasteiger partial charge in [-0.3, -0.25) is 0 Å². The molecule has 0 atom stereocenters. The predicted molar refractivity (Wildman–Crippen MR) is 57.4 cm³/mol. The highest BCUT2D eigenvalue weighted by Crippen LogP contribution is 2.28. The summed E-state index contributed by atoms with van der Waals surface area (Å²) in [4.78, 5) is 0. The minimum absolute atomic E-state index is 0.0769. The van der Waals surface area contributed by atoms with Crippen LogP contribution in [0, 0.1) is 0 Å². The summed E-state index contributed by atoms with van der Waals surface area (Å²) in [5.74, 6) is 0. The molecular formula is C10H10F3NO2S. The topological polar surface area (TPSA) is 46.2 Å². The molecule has 1 aromatic rings. The lowest BCUT2D eigenvalue weighted by atomic mass is 10.1. The van der Waals surface area contributed by atoms with Crippen LogP contribution in [0.2, 0.25) is 0 Å². The summed E-state index contributed by atoms with van der Waals surface area (Å²) in [5.41, 5.74) is -0.337. The SMILES string of the molecule is C=CS(=O)(=O)NCc1ccc(C(F)(F)F)cc1. The van der Waals surface area contributed by atoms with E-state index in [4.69, 9.17) is 0 Å². The van der Waals surface area contributed by atoms with Crippen LogP contribution in [0.1, 0.15) is 11.1 Å². The summed E-state index contributed by atoms with van der Waals surface area (Å²) in [7, 11) is -3.56. The first-order valence-electron chi connectivity index (χ1n) is 4.53. The number of hydrogen-bond acceptors (Lipinski definition) is 2. The van der Waals surface area contributed by atoms with Gasteiger partial charge in [-0.1, -0.05) is 18.7 Å². The van der Waals surface area contributed by atoms with Gasteiger partial charge in [0.2, 0.25) is 10.0 Å². The summed E-state index contributed by atoms with van der Waals surface area (Å²) in [6, 6.07) is 4.23. The van der Waals surface area contributed by atoms with E-state index in [0.29, 0.717) is 5.56 Å². The summed E-state index contributed by atoms with van der Waals surface area (Å²) in [6.07, 6.45) is -4.39. The molecular weight excluding hydrogens is 255 g/mol. The van der Waals surface area contributed by atoms with Gasteiger partial charge in [0.15, 0.2) is 0 Å². The summed E-state index contributed by atoms with van der Waals surface area (Å²) < 4.78 is 60.8. The van der Waals surface area contributed by atoms with E-state index in [1.54, 1.807) is 0 Å². The van der Waals surface area contributed by atoms with Crippen LogP contribution in [0.15, 0.2) is 36.3 Å². The van der Waals surface area contributed by atoms with Gasteiger partial charge in [-0.05, 0) is 17.7 Å². The van der Waals surface area contributed by atoms with Crippen molar-refractivity contribution >= 4 is 10.0 Å². The van der Waals surface area contributed by atoms with Crippen molar-refractivity contribution in [1.82, 2.24) is 4.72 Å². The Morgan fingerprint density at radius 3 is 2.18 bits per heavy atom. The molecule has 0 aliphatic carbocycles. The standard InChI is InChI=1S/C10H10F3NO2S/c1-2-17(15,16)14-7-8-3-5-9(6-4-8)10(11,12)13/h2-6,14H,1,7H2. The molecule has 0 aliphatic rings. The first kappa shape index (κ1) is 13.7. The van der Waals surface area contributed by atoms with Crippen LogP contribution in [0.5, 0.6) is 0 Å². The zero-order chi connectivity index (χ0) is 13.1. The number of benzene rings is 1. The van der Waals surface area contributed by atoms with E-state index in [-0.39, 0.29) is 6.54 Å². The van der Waals surface area contributed by atoms with Crippen LogP contribution in [-0.4, -0.2) is 8.42 Å². The average molecular weight is 265 g/mol. The normalized spacial score (nSPS) is 12.4. The zero-order valence-electron chi connectivity index (χ0n) is 8.66. The van der Waals surface area contributed by atoms with Gasteiger partial charge in [0.05, 0.1) is 5.56 Å². The molecule has 0 saturated heterocycles. The summed E-state index contributed by atoms with van der Waals surface area (Å²) >= 11 is 0. The van der Waals surface area contributed by atoms with Crippen molar-refractivity contribution in [3.63, 3.8) is 0 Å². The lowest BCUT2D eigenvalue weighted by Crippen LogP contribution is -2.20. The monoisotopic (exact) mass is 265 g/mol. The molecule has 0 aliphatic heterocycles. The van der Waals surface area contributed by atoms with Gasteiger partial charge in [-0.25, -0.2) is 13.1 Å². The number of alkyl halides is 3. The number of nitrogens with one attached hydrogen (secondary N) is 1. The fourth-order valence-electron chi connectivity index (χ4n) is 1.05. The van der Waals surface area contributed by atoms with Crippen molar-refractivity contribution in [2.75, 3.05) is 0 Å². The van der Waals surface area contributed by atoms with E-state index < -0.39 is 21.8 Å². The molecule has 1 rings (SSSR count). The third-order valence-corrected chi connectivity index (χ3v) is 2.96. The molecule has 0 spiro atoms. The van der Waals surface area contributed by atoms with Crippen LogP contribution in [0.4, 0.5) is 13.2 Å². The molecule has 0 fully saturated rings. The second-order valence-electron chi connectivity index (χ2n) is 3.23. The van der Waals surface area contributed by atoms with Gasteiger partial charge in [0.1, 0.15) is 0 Å². The van der Waals surface area contributed by atoms with Gasteiger partial charge >= 0.3 is 6.18 Å². The van der Waals surface area contributed by atoms with Gasteiger partial charge in [0.25, 0.3) is 0 Å². The maximum absolute atomic E-state index is 12.2. The van der Waals surface area contributed by atoms with E-state index in [0.717, 1.165) is 17.5 Å². The fraction of sp³-hybridized carbons (Fsp3) is 0.200. The van der Waals surface area contributed by atoms with E-state index in [1.165, 1.54) is 12.1 Å². The fourth-order valence-corrected chi connectivity index (χ4v) is 1.54. The Morgan fingerprint density at radius 1 is 1.24 bits per heavy atom. The molecule has 0 heterocycles. The molecule has 0 radical (unpaired) electrons. The van der Waals surface area contributed by atoms with Gasteiger partial charge < -0.3 is 0 Å². The highest BCUT2D eigenvalue weighted by Gasteiger charge is 2.29. The van der Waals surface area contributed by atoms with Crippen molar-refractivity contribution in [1.29, 1.82) is 0 Å². The third-order valence-electron chi connectivity index (χ3n) is 1.98. The maximum Gasteiger partial charge on any atom is 0.416 e. The Morgan fingerprint density at radius 2 is 1.76 bits per heavy atom. The van der Waals surface area contributed by atoms with Crippen LogP contribution in [0.3, 0.4) is 0 Å². The van der Waals surface area contributed by atoms with E-state index in [1.807, 2.05) is 0 Å². The minimum atomic E-state index is -4.39. The number of halogens is 3. The molecule has 17 heavy (non-hydrogen) atoms. The Labute approximate surface area is 97.0 Å². The predicted octanol–water partition coefficient (Wildman–Crippen LogP) is 2.27. The number of hydrogen-bond donors (Lipinski definition) is 1. The number of sulfonamides is 1. The maximum atomic E-state index is 12.2. The van der Waals surface area contributed by atoms with Crippen LogP contribution >= 0.6 is 0 Å². The Balaban J connectivity index is 2.73. The van der Waals surface area contributed by atoms with Gasteiger partial charge in [-0.2, -0.15) is 13.2 Å². The van der Waals surface area contributed by atoms with Crippen molar-refractivity contribution in [2.24, 2.45) is 0 Å². The summed E-state index contributed by atoms with van der Waals surface area (Å²) in [5, 5.41) is 0.733. The molecule has 0 amide bonds. The molecule has 94 valence electrons. The molecule has 0 unspecified atom stereocenters. The highest BCUT2D eigenvalue weighted by molar-refractivity contribution is 7.92. The molecule has 7 heteroatoms. The lowest BCUT2D eigenvalue weighted by Gasteiger charge is -2.07. The largest absolute Gasteiger partial charge is 0.416 e. The van der Waals surface area contributed by atoms with Gasteiger partial charge in [-0.15, -0.1) is 0 Å². The third kappa shape index (κ3) is 4.20. The zero-order valence-corrected chi connectivity index (χ0v) is 9.48. The lowest BCUT2D eigenvalue weighted by molar-refractivity contribution is -0.137. The van der Waals surface area contributed by atoms with E-state index >= 15 is 0 Å². The quantitative estimate of drug-likeness (QED) is 0.907. The Kier molecular flexibility index (Phi) is 3.94. The molecule has 1 aromatic carbocycles. The molecule has 0 saturated carbocycles. The molecule has 3 nitrogen and oxygen atoms in total. The smallest absolute Gasteiger partial charge is 0.208 e. The van der Waals surface area contributed by atoms with Crippen molar-refractivity contribution in [3.8, 4) is 0 Å². The molecule has 0 aromatic heterocycles.